The molecule has 1 saturated carbocycles. The molecule has 0 atom stereocenters. The summed E-state index contributed by atoms with van der Waals surface area (Å²) in [5.41, 5.74) is 0.788. The summed E-state index contributed by atoms with van der Waals surface area (Å²) in [5.74, 6) is -0.250. The lowest BCUT2D eigenvalue weighted by Crippen LogP contribution is -2.34. The Kier molecular flexibility index (Phi) is 3.12. The molecule has 0 saturated heterocycles. The zero-order chi connectivity index (χ0) is 9.90. The minimum absolute atomic E-state index is 0.250. The average molecular weight is 182 g/mol. The second kappa shape index (κ2) is 3.95. The van der Waals surface area contributed by atoms with Crippen LogP contribution in [0.4, 0.5) is 0 Å². The fourth-order valence-corrected chi connectivity index (χ4v) is 1.62. The maximum Gasteiger partial charge on any atom is 0.333 e. The van der Waals surface area contributed by atoms with Crippen molar-refractivity contribution in [1.82, 2.24) is 0 Å². The van der Waals surface area contributed by atoms with Gasteiger partial charge < -0.3 is 4.74 Å². The van der Waals surface area contributed by atoms with Gasteiger partial charge >= 0.3 is 5.97 Å². The van der Waals surface area contributed by atoms with Gasteiger partial charge in [0.1, 0.15) is 0 Å². The summed E-state index contributed by atoms with van der Waals surface area (Å²) in [6, 6.07) is 0. The number of rotatable bonds is 4. The van der Waals surface area contributed by atoms with Crippen LogP contribution < -0.4 is 0 Å². The molecule has 74 valence electrons. The van der Waals surface area contributed by atoms with Crippen LogP contribution in [0.2, 0.25) is 0 Å². The molecule has 0 aliphatic heterocycles. The van der Waals surface area contributed by atoms with Crippen molar-refractivity contribution >= 4 is 5.97 Å². The highest BCUT2D eigenvalue weighted by atomic mass is 16.5. The lowest BCUT2D eigenvalue weighted by Gasteiger charge is -2.40. The van der Waals surface area contributed by atoms with Crippen LogP contribution in [0, 0.1) is 5.41 Å². The highest BCUT2D eigenvalue weighted by molar-refractivity contribution is 5.86. The van der Waals surface area contributed by atoms with Gasteiger partial charge in [-0.1, -0.05) is 19.9 Å². The highest BCUT2D eigenvalue weighted by Crippen LogP contribution is 2.43. The minimum Gasteiger partial charge on any atom is -0.462 e. The van der Waals surface area contributed by atoms with E-state index in [0.29, 0.717) is 17.6 Å². The molecule has 0 amide bonds. The third kappa shape index (κ3) is 2.33. The van der Waals surface area contributed by atoms with Crippen molar-refractivity contribution in [3.8, 4) is 0 Å². The Labute approximate surface area is 80.0 Å². The first kappa shape index (κ1) is 10.3. The van der Waals surface area contributed by atoms with Crippen LogP contribution in [-0.4, -0.2) is 12.6 Å². The molecular weight excluding hydrogens is 164 g/mol. The molecule has 0 radical (unpaired) electrons. The zero-order valence-corrected chi connectivity index (χ0v) is 8.56. The number of hydrogen-bond acceptors (Lipinski definition) is 2. The fourth-order valence-electron chi connectivity index (χ4n) is 1.62. The Morgan fingerprint density at radius 3 is 2.46 bits per heavy atom. The third-order valence-corrected chi connectivity index (χ3v) is 3.02. The Hall–Kier alpha value is -0.790. The summed E-state index contributed by atoms with van der Waals surface area (Å²) < 4.78 is 5.16. The number of carbonyl (C=O) groups excluding carboxylic acids is 1. The molecule has 1 aliphatic rings. The van der Waals surface area contributed by atoms with Gasteiger partial charge in [0.05, 0.1) is 6.61 Å². The summed E-state index contributed by atoms with van der Waals surface area (Å²) >= 11 is 0. The standard InChI is InChI=1S/C11H18O2/c1-4-11(6-5-7-11)8-13-10(12)9(2)3/h2,4-8H2,1,3H3. The summed E-state index contributed by atoms with van der Waals surface area (Å²) in [6.45, 7) is 7.97. The van der Waals surface area contributed by atoms with Crippen molar-refractivity contribution in [2.45, 2.75) is 39.5 Å². The summed E-state index contributed by atoms with van der Waals surface area (Å²) in [7, 11) is 0. The fraction of sp³-hybridized carbons (Fsp3) is 0.727. The molecule has 0 aromatic carbocycles. The summed E-state index contributed by atoms with van der Waals surface area (Å²) in [4.78, 5) is 11.1. The number of esters is 1. The van der Waals surface area contributed by atoms with Crippen LogP contribution in [0.3, 0.4) is 0 Å². The molecule has 1 fully saturated rings. The van der Waals surface area contributed by atoms with Gasteiger partial charge in [0.2, 0.25) is 0 Å². The van der Waals surface area contributed by atoms with E-state index >= 15 is 0 Å². The smallest absolute Gasteiger partial charge is 0.333 e. The van der Waals surface area contributed by atoms with Crippen LogP contribution in [0.5, 0.6) is 0 Å². The van der Waals surface area contributed by atoms with Gasteiger partial charge in [0, 0.05) is 11.0 Å². The van der Waals surface area contributed by atoms with Gasteiger partial charge in [0.25, 0.3) is 0 Å². The molecule has 1 aliphatic carbocycles. The molecule has 0 bridgehead atoms. The first-order valence-electron chi connectivity index (χ1n) is 4.92. The van der Waals surface area contributed by atoms with Gasteiger partial charge in [0.15, 0.2) is 0 Å². The van der Waals surface area contributed by atoms with Gasteiger partial charge in [-0.25, -0.2) is 4.79 Å². The van der Waals surface area contributed by atoms with Crippen LogP contribution in [0.15, 0.2) is 12.2 Å². The molecule has 2 nitrogen and oxygen atoms in total. The normalized spacial score (nSPS) is 18.9. The van der Waals surface area contributed by atoms with Crippen molar-refractivity contribution in [2.75, 3.05) is 6.61 Å². The Morgan fingerprint density at radius 2 is 2.15 bits per heavy atom. The van der Waals surface area contributed by atoms with Crippen molar-refractivity contribution in [1.29, 1.82) is 0 Å². The third-order valence-electron chi connectivity index (χ3n) is 3.02. The van der Waals surface area contributed by atoms with E-state index < -0.39 is 0 Å². The minimum atomic E-state index is -0.250. The van der Waals surface area contributed by atoms with Gasteiger partial charge in [-0.15, -0.1) is 0 Å². The Balaban J connectivity index is 2.32. The predicted octanol–water partition coefficient (Wildman–Crippen LogP) is 2.69. The van der Waals surface area contributed by atoms with Crippen LogP contribution in [0.1, 0.15) is 39.5 Å². The van der Waals surface area contributed by atoms with E-state index in [4.69, 9.17) is 4.74 Å². The van der Waals surface area contributed by atoms with Crippen LogP contribution >= 0.6 is 0 Å². The molecule has 0 spiro atoms. The molecule has 0 unspecified atom stereocenters. The maximum atomic E-state index is 11.1. The summed E-state index contributed by atoms with van der Waals surface area (Å²) in [6.07, 6.45) is 4.79. The van der Waals surface area contributed by atoms with E-state index in [1.807, 2.05) is 0 Å². The van der Waals surface area contributed by atoms with Crippen molar-refractivity contribution in [3.63, 3.8) is 0 Å². The number of hydrogen-bond donors (Lipinski definition) is 0. The molecule has 0 aromatic rings. The van der Waals surface area contributed by atoms with E-state index in [0.717, 1.165) is 6.42 Å². The topological polar surface area (TPSA) is 26.3 Å². The largest absolute Gasteiger partial charge is 0.462 e. The van der Waals surface area contributed by atoms with E-state index in [1.54, 1.807) is 6.92 Å². The van der Waals surface area contributed by atoms with Crippen LogP contribution in [-0.2, 0) is 9.53 Å². The first-order chi connectivity index (χ1) is 6.09. The van der Waals surface area contributed by atoms with Gasteiger partial charge in [-0.3, -0.25) is 0 Å². The quantitative estimate of drug-likeness (QED) is 0.493. The SMILES string of the molecule is C=C(C)C(=O)OCC1(CC)CCC1. The molecule has 1 rings (SSSR count). The molecule has 2 heteroatoms. The number of carbonyl (C=O) groups is 1. The first-order valence-corrected chi connectivity index (χ1v) is 4.92. The average Bonchev–Trinajstić information content (AvgIpc) is 2.02. The van der Waals surface area contributed by atoms with Crippen molar-refractivity contribution in [3.05, 3.63) is 12.2 Å². The molecule has 0 aromatic heterocycles. The molecular formula is C11H18O2. The molecule has 0 N–H and O–H groups in total. The van der Waals surface area contributed by atoms with Crippen molar-refractivity contribution < 1.29 is 9.53 Å². The van der Waals surface area contributed by atoms with E-state index in [2.05, 4.69) is 13.5 Å². The van der Waals surface area contributed by atoms with Crippen molar-refractivity contribution in [2.24, 2.45) is 5.41 Å². The second-order valence-corrected chi connectivity index (χ2v) is 4.06. The van der Waals surface area contributed by atoms with E-state index in [1.165, 1.54) is 19.3 Å². The Morgan fingerprint density at radius 1 is 1.54 bits per heavy atom. The van der Waals surface area contributed by atoms with Gasteiger partial charge in [-0.05, 0) is 26.2 Å². The lowest BCUT2D eigenvalue weighted by atomic mass is 9.68. The second-order valence-electron chi connectivity index (χ2n) is 4.06. The predicted molar refractivity (Wildman–Crippen MR) is 52.3 cm³/mol. The molecule has 0 heterocycles. The zero-order valence-electron chi connectivity index (χ0n) is 8.56. The van der Waals surface area contributed by atoms with E-state index in [9.17, 15) is 4.79 Å². The highest BCUT2D eigenvalue weighted by Gasteiger charge is 2.36. The molecule has 13 heavy (non-hydrogen) atoms. The summed E-state index contributed by atoms with van der Waals surface area (Å²) in [5, 5.41) is 0. The monoisotopic (exact) mass is 182 g/mol. The Bertz CT molecular complexity index is 209. The van der Waals surface area contributed by atoms with Gasteiger partial charge in [-0.2, -0.15) is 0 Å². The van der Waals surface area contributed by atoms with Crippen LogP contribution in [0.25, 0.3) is 0 Å². The number of ether oxygens (including phenoxy) is 1. The lowest BCUT2D eigenvalue weighted by molar-refractivity contribution is -0.144. The van der Waals surface area contributed by atoms with E-state index in [-0.39, 0.29) is 5.97 Å². The maximum absolute atomic E-state index is 11.1.